The zero-order valence-electron chi connectivity index (χ0n) is 12.9. The van der Waals surface area contributed by atoms with Gasteiger partial charge in [-0.05, 0) is 31.0 Å². The molecule has 3 heterocycles. The third-order valence-electron chi connectivity index (χ3n) is 3.91. The Morgan fingerprint density at radius 1 is 1.17 bits per heavy atom. The molecule has 1 aliphatic rings. The third kappa shape index (κ3) is 3.86. The Morgan fingerprint density at radius 3 is 2.65 bits per heavy atom. The van der Waals surface area contributed by atoms with E-state index in [1.807, 2.05) is 18.2 Å². The van der Waals surface area contributed by atoms with Gasteiger partial charge in [-0.15, -0.1) is 0 Å². The van der Waals surface area contributed by atoms with Gasteiger partial charge in [-0.25, -0.2) is 13.4 Å². The summed E-state index contributed by atoms with van der Waals surface area (Å²) in [6.45, 7) is 1.96. The molecule has 0 amide bonds. The molecule has 0 unspecified atom stereocenters. The molecule has 7 heteroatoms. The lowest BCUT2D eigenvalue weighted by Crippen LogP contribution is -2.29. The van der Waals surface area contributed by atoms with Crippen LogP contribution in [-0.2, 0) is 16.4 Å². The molecule has 1 saturated heterocycles. The normalized spacial score (nSPS) is 15.7. The van der Waals surface area contributed by atoms with E-state index in [2.05, 4.69) is 15.3 Å². The van der Waals surface area contributed by atoms with E-state index in [-0.39, 0.29) is 0 Å². The van der Waals surface area contributed by atoms with Crippen LogP contribution in [0.3, 0.4) is 0 Å². The van der Waals surface area contributed by atoms with Crippen LogP contribution < -0.4 is 10.3 Å². The highest BCUT2D eigenvalue weighted by Gasteiger charge is 2.27. The summed E-state index contributed by atoms with van der Waals surface area (Å²) in [6.07, 6.45) is 6.02. The van der Waals surface area contributed by atoms with E-state index in [0.717, 1.165) is 37.3 Å². The van der Waals surface area contributed by atoms with Crippen LogP contribution in [-0.4, -0.2) is 37.3 Å². The van der Waals surface area contributed by atoms with Crippen molar-refractivity contribution in [2.24, 2.45) is 0 Å². The van der Waals surface area contributed by atoms with Gasteiger partial charge in [-0.2, -0.15) is 4.31 Å². The average Bonchev–Trinajstić information content (AvgIpc) is 3.12. The maximum absolute atomic E-state index is 12.4. The number of anilines is 1. The predicted molar refractivity (Wildman–Crippen MR) is 87.4 cm³/mol. The first kappa shape index (κ1) is 15.9. The molecular formula is C16H21N4O2S+. The van der Waals surface area contributed by atoms with E-state index in [9.17, 15) is 8.42 Å². The summed E-state index contributed by atoms with van der Waals surface area (Å²) in [5.41, 5.74) is 1.02. The topological polar surface area (TPSA) is 76.4 Å². The summed E-state index contributed by atoms with van der Waals surface area (Å²) in [4.78, 5) is 7.60. The number of nitrogens with zero attached hydrogens (tertiary/aromatic N) is 2. The Kier molecular flexibility index (Phi) is 4.88. The number of H-pyrrole nitrogens is 1. The van der Waals surface area contributed by atoms with E-state index >= 15 is 0 Å². The van der Waals surface area contributed by atoms with Crippen LogP contribution in [0.25, 0.3) is 0 Å². The van der Waals surface area contributed by atoms with Crippen molar-refractivity contribution in [3.8, 4) is 0 Å². The second-order valence-electron chi connectivity index (χ2n) is 5.55. The molecule has 0 radical (unpaired) electrons. The molecule has 2 aromatic rings. The van der Waals surface area contributed by atoms with Crippen LogP contribution in [0, 0.1) is 0 Å². The molecule has 122 valence electrons. The van der Waals surface area contributed by atoms with Gasteiger partial charge in [0.15, 0.2) is 0 Å². The molecule has 6 nitrogen and oxygen atoms in total. The van der Waals surface area contributed by atoms with Crippen molar-refractivity contribution in [3.05, 3.63) is 48.4 Å². The number of rotatable bonds is 6. The Balaban J connectivity index is 1.59. The monoisotopic (exact) mass is 333 g/mol. The first-order valence-electron chi connectivity index (χ1n) is 7.82. The van der Waals surface area contributed by atoms with Crippen molar-refractivity contribution < 1.29 is 13.4 Å². The van der Waals surface area contributed by atoms with Crippen LogP contribution in [0.4, 0.5) is 5.82 Å². The molecule has 0 saturated carbocycles. The lowest BCUT2D eigenvalue weighted by atomic mass is 10.3. The van der Waals surface area contributed by atoms with Gasteiger partial charge in [0.25, 0.3) is 5.82 Å². The van der Waals surface area contributed by atoms with Crippen LogP contribution in [0.2, 0.25) is 0 Å². The van der Waals surface area contributed by atoms with E-state index in [1.54, 1.807) is 28.8 Å². The summed E-state index contributed by atoms with van der Waals surface area (Å²) < 4.78 is 26.4. The minimum absolute atomic E-state index is 0.315. The maximum Gasteiger partial charge on any atom is 0.272 e. The van der Waals surface area contributed by atoms with Gasteiger partial charge in [0.05, 0.1) is 6.54 Å². The van der Waals surface area contributed by atoms with Gasteiger partial charge in [-0.3, -0.25) is 10.3 Å². The highest BCUT2D eigenvalue weighted by molar-refractivity contribution is 7.89. The molecule has 0 atom stereocenters. The predicted octanol–water partition coefficient (Wildman–Crippen LogP) is 1.33. The van der Waals surface area contributed by atoms with Gasteiger partial charge in [-0.1, -0.05) is 6.07 Å². The molecule has 3 rings (SSSR count). The lowest BCUT2D eigenvalue weighted by molar-refractivity contribution is -0.364. The van der Waals surface area contributed by atoms with Crippen molar-refractivity contribution in [2.75, 3.05) is 25.0 Å². The van der Waals surface area contributed by atoms with Crippen molar-refractivity contribution in [2.45, 2.75) is 24.2 Å². The maximum atomic E-state index is 12.4. The number of hydrogen-bond donors (Lipinski definition) is 1. The third-order valence-corrected chi connectivity index (χ3v) is 5.80. The number of hydrogen-bond acceptors (Lipinski definition) is 4. The molecular weight excluding hydrogens is 312 g/mol. The largest absolute Gasteiger partial charge is 0.274 e. The summed E-state index contributed by atoms with van der Waals surface area (Å²) in [7, 11) is -3.35. The molecule has 1 aliphatic heterocycles. The van der Waals surface area contributed by atoms with Gasteiger partial charge in [0, 0.05) is 37.5 Å². The Bertz CT molecular complexity index is 726. The first-order valence-corrected chi connectivity index (χ1v) is 9.26. The molecule has 0 spiro atoms. The summed E-state index contributed by atoms with van der Waals surface area (Å²) in [5.74, 6) is 0.793. The second kappa shape index (κ2) is 7.06. The zero-order valence-corrected chi connectivity index (χ0v) is 13.7. The van der Waals surface area contributed by atoms with Crippen molar-refractivity contribution in [1.82, 2.24) is 9.29 Å². The van der Waals surface area contributed by atoms with E-state index in [1.165, 1.54) is 0 Å². The highest BCUT2D eigenvalue weighted by Crippen LogP contribution is 2.19. The fourth-order valence-electron chi connectivity index (χ4n) is 2.63. The minimum Gasteiger partial charge on any atom is -0.274 e. The fraction of sp³-hybridized carbons (Fsp3) is 0.375. The number of aromatic nitrogens is 2. The lowest BCUT2D eigenvalue weighted by Gasteiger charge is -2.14. The fourth-order valence-corrected chi connectivity index (χ4v) is 4.11. The smallest absolute Gasteiger partial charge is 0.272 e. The molecule has 2 N–H and O–H groups in total. The van der Waals surface area contributed by atoms with Crippen LogP contribution in [0.1, 0.15) is 18.5 Å². The summed E-state index contributed by atoms with van der Waals surface area (Å²) in [6, 6.07) is 9.25. The Labute approximate surface area is 136 Å². The van der Waals surface area contributed by atoms with Crippen LogP contribution in [0.5, 0.6) is 0 Å². The van der Waals surface area contributed by atoms with Crippen molar-refractivity contribution in [1.29, 1.82) is 0 Å². The van der Waals surface area contributed by atoms with E-state index in [4.69, 9.17) is 0 Å². The van der Waals surface area contributed by atoms with Gasteiger partial charge in [0.2, 0.25) is 10.0 Å². The number of aromatic amines is 1. The highest BCUT2D eigenvalue weighted by atomic mass is 32.2. The SMILES string of the molecule is O=S(=O)(c1ccc(NCCc2ccccn2)[nH+]c1)N1CCCC1. The van der Waals surface area contributed by atoms with Crippen LogP contribution in [0.15, 0.2) is 47.6 Å². The molecule has 0 aromatic carbocycles. The van der Waals surface area contributed by atoms with Crippen molar-refractivity contribution in [3.63, 3.8) is 0 Å². The molecule has 0 bridgehead atoms. The second-order valence-corrected chi connectivity index (χ2v) is 7.49. The number of nitrogens with one attached hydrogen (secondary N) is 2. The van der Waals surface area contributed by atoms with Crippen molar-refractivity contribution >= 4 is 15.8 Å². The van der Waals surface area contributed by atoms with E-state index < -0.39 is 10.0 Å². The number of pyridine rings is 2. The van der Waals surface area contributed by atoms with E-state index in [0.29, 0.717) is 18.0 Å². The van der Waals surface area contributed by atoms with Crippen LogP contribution >= 0.6 is 0 Å². The minimum atomic E-state index is -3.35. The summed E-state index contributed by atoms with van der Waals surface area (Å²) >= 11 is 0. The molecule has 23 heavy (non-hydrogen) atoms. The summed E-state index contributed by atoms with van der Waals surface area (Å²) in [5, 5.41) is 3.24. The number of sulfonamides is 1. The quantitative estimate of drug-likeness (QED) is 0.865. The Hall–Kier alpha value is -1.99. The van der Waals surface area contributed by atoms with Gasteiger partial charge in [0.1, 0.15) is 11.1 Å². The standard InChI is InChI=1S/C16H20N4O2S/c21-23(22,20-11-3-4-12-20)15-6-7-16(19-13-15)18-10-8-14-5-1-2-9-17-14/h1-2,5-7,9,13H,3-4,8,10-12H2,(H,18,19)/p+1. The van der Waals surface area contributed by atoms with Gasteiger partial charge < -0.3 is 0 Å². The molecule has 1 fully saturated rings. The van der Waals surface area contributed by atoms with Gasteiger partial charge >= 0.3 is 0 Å². The molecule has 0 aliphatic carbocycles. The Morgan fingerprint density at radius 2 is 2.00 bits per heavy atom. The average molecular weight is 333 g/mol. The zero-order chi connectivity index (χ0) is 16.1. The first-order chi connectivity index (χ1) is 11.2. The molecule has 2 aromatic heterocycles.